The van der Waals surface area contributed by atoms with E-state index in [-0.39, 0.29) is 38.6 Å². The molecule has 0 spiro atoms. The zero-order valence-corrected chi connectivity index (χ0v) is 29.2. The molecule has 0 bridgehead atoms. The molecule has 8 nitrogen and oxygen atoms in total. The summed E-state index contributed by atoms with van der Waals surface area (Å²) >= 11 is 0. The van der Waals surface area contributed by atoms with Crippen LogP contribution in [0.5, 0.6) is 11.5 Å². The van der Waals surface area contributed by atoms with E-state index in [2.05, 4.69) is 62.9 Å². The molecule has 1 aliphatic carbocycles. The second kappa shape index (κ2) is 19.2. The van der Waals surface area contributed by atoms with E-state index in [9.17, 15) is 14.7 Å². The third-order valence-electron chi connectivity index (χ3n) is 9.27. The second-order valence-corrected chi connectivity index (χ2v) is 12.9. The lowest BCUT2D eigenvalue weighted by Crippen LogP contribution is -2.20. The smallest absolute Gasteiger partial charge is 0.335 e. The highest BCUT2D eigenvalue weighted by Gasteiger charge is 2.22. The van der Waals surface area contributed by atoms with Crippen molar-refractivity contribution in [1.29, 1.82) is 0 Å². The van der Waals surface area contributed by atoms with Gasteiger partial charge in [-0.05, 0) is 96.4 Å². The standard InChI is InChI=1S/C41H52O8/c1-5-7-30-8-10-32(11-9-30)33-12-14-34(15-13-33)39-17-16-35(22-31(39)6-2)36-23-37(46-18-20-48-40(44)28(3)26-42)25-38(24-36)47-19-21-49-41(45)29(4)27-43/h12-17,22-25,29-30,32,42-43H,3,5-11,18-21,26-27H2,1-2,4H3. The fraction of sp³-hybridized carbons (Fsp3) is 0.463. The largest absolute Gasteiger partial charge is 0.490 e. The summed E-state index contributed by atoms with van der Waals surface area (Å²) in [4.78, 5) is 23.8. The maximum absolute atomic E-state index is 11.9. The molecule has 1 fully saturated rings. The first-order valence-corrected chi connectivity index (χ1v) is 17.6. The van der Waals surface area contributed by atoms with Gasteiger partial charge >= 0.3 is 11.9 Å². The zero-order chi connectivity index (χ0) is 35.2. The van der Waals surface area contributed by atoms with Gasteiger partial charge in [-0.3, -0.25) is 4.79 Å². The van der Waals surface area contributed by atoms with Gasteiger partial charge in [-0.25, -0.2) is 4.79 Å². The summed E-state index contributed by atoms with van der Waals surface area (Å²) in [5.74, 6) is 0.821. The molecule has 264 valence electrons. The quantitative estimate of drug-likeness (QED) is 0.0805. The molecular weight excluding hydrogens is 620 g/mol. The van der Waals surface area contributed by atoms with E-state index in [0.29, 0.717) is 17.4 Å². The van der Waals surface area contributed by atoms with Crippen LogP contribution in [0.2, 0.25) is 0 Å². The van der Waals surface area contributed by atoms with Crippen LogP contribution in [0.25, 0.3) is 22.3 Å². The molecule has 3 aromatic carbocycles. The number of ether oxygens (including phenoxy) is 4. The molecule has 49 heavy (non-hydrogen) atoms. The predicted molar refractivity (Wildman–Crippen MR) is 192 cm³/mol. The molecule has 0 amide bonds. The Morgan fingerprint density at radius 3 is 2.02 bits per heavy atom. The van der Waals surface area contributed by atoms with E-state index in [0.717, 1.165) is 23.5 Å². The molecule has 4 rings (SSSR count). The first kappa shape index (κ1) is 37.7. The molecule has 0 radical (unpaired) electrons. The average molecular weight is 673 g/mol. The van der Waals surface area contributed by atoms with Crippen LogP contribution in [-0.4, -0.2) is 61.8 Å². The second-order valence-electron chi connectivity index (χ2n) is 12.9. The van der Waals surface area contributed by atoms with E-state index in [1.165, 1.54) is 60.8 Å². The highest BCUT2D eigenvalue weighted by molar-refractivity contribution is 5.87. The van der Waals surface area contributed by atoms with Crippen molar-refractivity contribution in [1.82, 2.24) is 0 Å². The van der Waals surface area contributed by atoms with Crippen LogP contribution in [0.4, 0.5) is 0 Å². The molecule has 0 aromatic heterocycles. The molecule has 1 saturated carbocycles. The number of aliphatic hydroxyl groups is 2. The monoisotopic (exact) mass is 672 g/mol. The first-order valence-electron chi connectivity index (χ1n) is 17.6. The number of carbonyl (C=O) groups excluding carboxylic acids is 2. The summed E-state index contributed by atoms with van der Waals surface area (Å²) in [6.07, 6.45) is 8.74. The Hall–Kier alpha value is -4.14. The van der Waals surface area contributed by atoms with Gasteiger partial charge in [0.05, 0.1) is 24.7 Å². The van der Waals surface area contributed by atoms with Crippen LogP contribution < -0.4 is 9.47 Å². The SMILES string of the molecule is C=C(CO)C(=O)OCCOc1cc(OCCOC(=O)C(C)CO)cc(-c2ccc(-c3ccc(C4CCC(CCC)CC4)cc3)c(CC)c2)c1. The molecule has 1 unspecified atom stereocenters. The van der Waals surface area contributed by atoms with Gasteiger partial charge in [0.1, 0.15) is 37.9 Å². The third kappa shape index (κ3) is 10.9. The number of aliphatic hydroxyl groups excluding tert-OH is 2. The number of carbonyl (C=O) groups is 2. The Kier molecular flexibility index (Phi) is 14.7. The number of rotatable bonds is 18. The minimum absolute atomic E-state index is 0.0230. The maximum Gasteiger partial charge on any atom is 0.335 e. The summed E-state index contributed by atoms with van der Waals surface area (Å²) in [6, 6.07) is 21.2. The topological polar surface area (TPSA) is 112 Å². The molecule has 1 atom stereocenters. The Morgan fingerprint density at radius 2 is 1.43 bits per heavy atom. The lowest BCUT2D eigenvalue weighted by atomic mass is 9.77. The zero-order valence-electron chi connectivity index (χ0n) is 29.2. The molecule has 0 heterocycles. The van der Waals surface area contributed by atoms with Crippen LogP contribution in [-0.2, 0) is 25.5 Å². The Bertz CT molecular complexity index is 1520. The van der Waals surface area contributed by atoms with Gasteiger partial charge in [-0.2, -0.15) is 0 Å². The van der Waals surface area contributed by atoms with Gasteiger partial charge in [0.15, 0.2) is 0 Å². The summed E-state index contributed by atoms with van der Waals surface area (Å²) in [5.41, 5.74) is 6.92. The highest BCUT2D eigenvalue weighted by Crippen LogP contribution is 2.39. The van der Waals surface area contributed by atoms with Crippen LogP contribution in [0.3, 0.4) is 0 Å². The van der Waals surface area contributed by atoms with Crippen LogP contribution in [0.1, 0.15) is 76.3 Å². The fourth-order valence-corrected chi connectivity index (χ4v) is 6.36. The number of hydrogen-bond acceptors (Lipinski definition) is 8. The van der Waals surface area contributed by atoms with Gasteiger partial charge in [0.25, 0.3) is 0 Å². The predicted octanol–water partition coefficient (Wildman–Crippen LogP) is 7.68. The molecule has 0 aliphatic heterocycles. The molecule has 8 heteroatoms. The van der Waals surface area contributed by atoms with E-state index < -0.39 is 24.5 Å². The van der Waals surface area contributed by atoms with Crippen LogP contribution in [0.15, 0.2) is 72.8 Å². The van der Waals surface area contributed by atoms with Crippen molar-refractivity contribution < 1.29 is 38.7 Å². The van der Waals surface area contributed by atoms with Crippen molar-refractivity contribution in [2.24, 2.45) is 11.8 Å². The summed E-state index contributed by atoms with van der Waals surface area (Å²) in [7, 11) is 0. The van der Waals surface area contributed by atoms with Gasteiger partial charge in [-0.15, -0.1) is 0 Å². The number of benzene rings is 3. The van der Waals surface area contributed by atoms with E-state index in [1.807, 2.05) is 12.1 Å². The molecule has 1 aliphatic rings. The van der Waals surface area contributed by atoms with Crippen molar-refractivity contribution >= 4 is 11.9 Å². The highest BCUT2D eigenvalue weighted by atomic mass is 16.6. The van der Waals surface area contributed by atoms with Gasteiger partial charge in [-0.1, -0.05) is 75.7 Å². The van der Waals surface area contributed by atoms with E-state index in [1.54, 1.807) is 13.0 Å². The summed E-state index contributed by atoms with van der Waals surface area (Å²) in [6.45, 7) is 8.96. The number of aryl methyl sites for hydroxylation is 1. The van der Waals surface area contributed by atoms with Crippen molar-refractivity contribution in [2.75, 3.05) is 39.6 Å². The minimum atomic E-state index is -0.676. The van der Waals surface area contributed by atoms with Crippen molar-refractivity contribution in [3.05, 3.63) is 83.9 Å². The number of hydrogen-bond donors (Lipinski definition) is 2. The average Bonchev–Trinajstić information content (AvgIpc) is 3.14. The van der Waals surface area contributed by atoms with Crippen molar-refractivity contribution in [3.63, 3.8) is 0 Å². The first-order chi connectivity index (χ1) is 23.8. The van der Waals surface area contributed by atoms with Gasteiger partial charge < -0.3 is 29.2 Å². The molecular formula is C41H52O8. The number of esters is 2. The Labute approximate surface area is 291 Å². The fourth-order valence-electron chi connectivity index (χ4n) is 6.36. The molecule has 3 aromatic rings. The lowest BCUT2D eigenvalue weighted by Gasteiger charge is -2.28. The molecule has 0 saturated heterocycles. The Balaban J connectivity index is 1.50. The minimum Gasteiger partial charge on any atom is -0.490 e. The van der Waals surface area contributed by atoms with Gasteiger partial charge in [0.2, 0.25) is 0 Å². The normalized spacial score (nSPS) is 16.4. The van der Waals surface area contributed by atoms with Gasteiger partial charge in [0, 0.05) is 6.07 Å². The maximum atomic E-state index is 11.9. The summed E-state index contributed by atoms with van der Waals surface area (Å²) in [5, 5.41) is 18.3. The van der Waals surface area contributed by atoms with E-state index in [4.69, 9.17) is 24.1 Å². The molecule has 2 N–H and O–H groups in total. The lowest BCUT2D eigenvalue weighted by molar-refractivity contribution is -0.149. The van der Waals surface area contributed by atoms with Crippen molar-refractivity contribution in [2.45, 2.75) is 71.6 Å². The van der Waals surface area contributed by atoms with E-state index >= 15 is 0 Å². The summed E-state index contributed by atoms with van der Waals surface area (Å²) < 4.78 is 22.2. The van der Waals surface area contributed by atoms with Crippen LogP contribution in [0, 0.1) is 11.8 Å². The van der Waals surface area contributed by atoms with Crippen LogP contribution >= 0.6 is 0 Å². The third-order valence-corrected chi connectivity index (χ3v) is 9.27. The van der Waals surface area contributed by atoms with Crippen molar-refractivity contribution in [3.8, 4) is 33.8 Å². The Morgan fingerprint density at radius 1 is 0.796 bits per heavy atom.